The lowest BCUT2D eigenvalue weighted by Gasteiger charge is -2.21. The van der Waals surface area contributed by atoms with E-state index in [1.54, 1.807) is 0 Å². The third-order valence-corrected chi connectivity index (χ3v) is 21.9. The summed E-state index contributed by atoms with van der Waals surface area (Å²) in [4.78, 5) is 73.2. The van der Waals surface area contributed by atoms with E-state index in [1.165, 1.54) is 270 Å². The van der Waals surface area contributed by atoms with Gasteiger partial charge in [0.15, 0.2) is 12.2 Å². The van der Waals surface area contributed by atoms with Crippen LogP contribution in [0.3, 0.4) is 0 Å². The Kier molecular flexibility index (Phi) is 75.0. The third kappa shape index (κ3) is 78.2. The Morgan fingerprint density at radius 2 is 0.442 bits per heavy atom. The van der Waals surface area contributed by atoms with Gasteiger partial charge in [0.1, 0.15) is 19.3 Å². The Morgan fingerprint density at radius 1 is 0.260 bits per heavy atom. The van der Waals surface area contributed by atoms with Crippen molar-refractivity contribution in [3.63, 3.8) is 0 Å². The second-order valence-electron chi connectivity index (χ2n) is 31.5. The predicted molar refractivity (Wildman–Crippen MR) is 428 cm³/mol. The minimum atomic E-state index is -4.97. The fourth-order valence-electron chi connectivity index (χ4n) is 13.2. The maximum atomic E-state index is 13.1. The molecule has 104 heavy (non-hydrogen) atoms. The molecule has 0 radical (unpaired) electrons. The van der Waals surface area contributed by atoms with Gasteiger partial charge in [0, 0.05) is 25.7 Å². The van der Waals surface area contributed by atoms with Gasteiger partial charge < -0.3 is 33.8 Å². The molecule has 0 spiro atoms. The van der Waals surface area contributed by atoms with Crippen LogP contribution < -0.4 is 0 Å². The highest BCUT2D eigenvalue weighted by molar-refractivity contribution is 7.47. The summed E-state index contributed by atoms with van der Waals surface area (Å²) in [6.07, 6.45) is 67.9. The topological polar surface area (TPSA) is 237 Å². The molecule has 0 saturated carbocycles. The molecule has 0 amide bonds. The first-order valence-electron chi connectivity index (χ1n) is 44.0. The molecule has 0 aliphatic rings. The first-order valence-corrected chi connectivity index (χ1v) is 47.0. The summed E-state index contributed by atoms with van der Waals surface area (Å²) < 4.78 is 68.8. The lowest BCUT2D eigenvalue weighted by atomic mass is 10.0. The van der Waals surface area contributed by atoms with Crippen LogP contribution in [0.1, 0.15) is 452 Å². The second-order valence-corrected chi connectivity index (χ2v) is 34.4. The molecular weight excluding hydrogens is 1350 g/mol. The largest absolute Gasteiger partial charge is 0.472 e. The standard InChI is InChI=1S/C85H166O17P2/c1-7-9-11-13-15-17-19-37-43-49-55-61-67-82(87)95-73-80(101-84(89)69-63-57-51-45-38-20-18-16-14-12-10-8-2)75-99-103(91,92)97-71-79(86)72-98-104(93,94)100-76-81(74-96-83(88)68-62-56-50-44-39-33-29-26-25-28-32-36-42-48-54-60-66-78(5)6)102-85(90)70-64-58-52-46-40-34-30-24-22-21-23-27-31-35-41-47-53-59-65-77(3)4/h77-81,86H,7-76H2,1-6H3,(H,91,92)(H,93,94)/t79-,80+,81+/m0/s1. The first kappa shape index (κ1) is 102. The number of carbonyl (C=O) groups excluding carboxylic acids is 4. The Balaban J connectivity index is 5.22. The van der Waals surface area contributed by atoms with Crippen molar-refractivity contribution in [1.29, 1.82) is 0 Å². The summed E-state index contributed by atoms with van der Waals surface area (Å²) in [6.45, 7) is 9.73. The molecule has 0 aliphatic carbocycles. The van der Waals surface area contributed by atoms with Gasteiger partial charge in [-0.15, -0.1) is 0 Å². The monoisotopic (exact) mass is 1520 g/mol. The molecule has 0 saturated heterocycles. The van der Waals surface area contributed by atoms with E-state index in [4.69, 9.17) is 37.0 Å². The normalized spacial score (nSPS) is 13.8. The molecule has 3 N–H and O–H groups in total. The molecule has 0 aromatic heterocycles. The number of esters is 4. The molecular formula is C85H166O17P2. The van der Waals surface area contributed by atoms with Gasteiger partial charge in [-0.05, 0) is 37.5 Å². The van der Waals surface area contributed by atoms with E-state index in [0.29, 0.717) is 25.7 Å². The molecule has 0 aliphatic heterocycles. The van der Waals surface area contributed by atoms with Gasteiger partial charge in [-0.3, -0.25) is 37.3 Å². The van der Waals surface area contributed by atoms with Gasteiger partial charge in [0.25, 0.3) is 0 Å². The molecule has 0 aromatic rings. The number of phosphoric acid groups is 2. The zero-order valence-corrected chi connectivity index (χ0v) is 70.1. The molecule has 0 aromatic carbocycles. The molecule has 0 heterocycles. The minimum Gasteiger partial charge on any atom is -0.462 e. The van der Waals surface area contributed by atoms with Gasteiger partial charge in [-0.2, -0.15) is 0 Å². The highest BCUT2D eigenvalue weighted by Gasteiger charge is 2.30. The zero-order valence-electron chi connectivity index (χ0n) is 68.3. The van der Waals surface area contributed by atoms with Crippen molar-refractivity contribution >= 4 is 39.5 Å². The van der Waals surface area contributed by atoms with E-state index < -0.39 is 97.5 Å². The van der Waals surface area contributed by atoms with Crippen molar-refractivity contribution in [2.45, 2.75) is 471 Å². The Bertz CT molecular complexity index is 1990. The Morgan fingerprint density at radius 3 is 0.654 bits per heavy atom. The fraction of sp³-hybridized carbons (Fsp3) is 0.953. The van der Waals surface area contributed by atoms with Crippen molar-refractivity contribution in [2.75, 3.05) is 39.6 Å². The lowest BCUT2D eigenvalue weighted by molar-refractivity contribution is -0.161. The van der Waals surface area contributed by atoms with E-state index in [9.17, 15) is 43.2 Å². The maximum Gasteiger partial charge on any atom is 0.472 e. The van der Waals surface area contributed by atoms with Crippen LogP contribution in [0.4, 0.5) is 0 Å². The van der Waals surface area contributed by atoms with Gasteiger partial charge in [-0.1, -0.05) is 401 Å². The third-order valence-electron chi connectivity index (χ3n) is 20.0. The Labute approximate surface area is 638 Å². The lowest BCUT2D eigenvalue weighted by Crippen LogP contribution is -2.30. The first-order chi connectivity index (χ1) is 50.4. The maximum absolute atomic E-state index is 13.1. The van der Waals surface area contributed by atoms with Crippen LogP contribution >= 0.6 is 15.6 Å². The average Bonchev–Trinajstić information content (AvgIpc) is 0.911. The highest BCUT2D eigenvalue weighted by atomic mass is 31.2. The second kappa shape index (κ2) is 76.4. The number of ether oxygens (including phenoxy) is 4. The van der Waals surface area contributed by atoms with Crippen LogP contribution in [-0.4, -0.2) is 96.7 Å². The van der Waals surface area contributed by atoms with Crippen molar-refractivity contribution in [1.82, 2.24) is 0 Å². The zero-order chi connectivity index (χ0) is 76.4. The number of aliphatic hydroxyl groups excluding tert-OH is 1. The molecule has 0 fully saturated rings. The van der Waals surface area contributed by atoms with Gasteiger partial charge in [0.2, 0.25) is 0 Å². The van der Waals surface area contributed by atoms with Crippen LogP contribution in [0.15, 0.2) is 0 Å². The van der Waals surface area contributed by atoms with Crippen LogP contribution in [0.5, 0.6) is 0 Å². The van der Waals surface area contributed by atoms with E-state index in [1.807, 2.05) is 0 Å². The molecule has 0 rings (SSSR count). The number of unbranched alkanes of at least 4 members (excludes halogenated alkanes) is 54. The van der Waals surface area contributed by atoms with E-state index >= 15 is 0 Å². The SMILES string of the molecule is CCCCCCCCCCCCCCC(=O)OC[C@H](COP(=O)(O)OC[C@H](O)COP(=O)(O)OC[C@@H](COC(=O)CCCCCCCCCCCCCCCCCCC(C)C)OC(=O)CCCCCCCCCCCCCCCCCCCCC(C)C)OC(=O)CCCCCCCCCCCCCC. The van der Waals surface area contributed by atoms with Crippen LogP contribution in [0.2, 0.25) is 0 Å². The van der Waals surface area contributed by atoms with Crippen molar-refractivity contribution < 1.29 is 80.2 Å². The van der Waals surface area contributed by atoms with Gasteiger partial charge in [0.05, 0.1) is 26.4 Å². The predicted octanol–water partition coefficient (Wildman–Crippen LogP) is 25.8. The number of phosphoric ester groups is 2. The van der Waals surface area contributed by atoms with Crippen molar-refractivity contribution in [2.24, 2.45) is 11.8 Å². The quantitative estimate of drug-likeness (QED) is 0.0222. The molecule has 19 heteroatoms. The van der Waals surface area contributed by atoms with Gasteiger partial charge in [-0.25, -0.2) is 9.13 Å². The smallest absolute Gasteiger partial charge is 0.462 e. The number of hydrogen-bond donors (Lipinski definition) is 3. The van der Waals surface area contributed by atoms with Crippen LogP contribution in [-0.2, 0) is 65.4 Å². The molecule has 17 nitrogen and oxygen atoms in total. The van der Waals surface area contributed by atoms with E-state index in [-0.39, 0.29) is 25.7 Å². The van der Waals surface area contributed by atoms with Crippen LogP contribution in [0, 0.1) is 11.8 Å². The summed E-state index contributed by atoms with van der Waals surface area (Å²) >= 11 is 0. The summed E-state index contributed by atoms with van der Waals surface area (Å²) in [5.41, 5.74) is 0. The Hall–Kier alpha value is -1.94. The average molecular weight is 1520 g/mol. The summed E-state index contributed by atoms with van der Waals surface area (Å²) in [7, 11) is -9.92. The molecule has 618 valence electrons. The number of aliphatic hydroxyl groups is 1. The number of carbonyl (C=O) groups is 4. The molecule has 0 bridgehead atoms. The highest BCUT2D eigenvalue weighted by Crippen LogP contribution is 2.45. The van der Waals surface area contributed by atoms with Gasteiger partial charge >= 0.3 is 39.5 Å². The molecule has 2 unspecified atom stereocenters. The summed E-state index contributed by atoms with van der Waals surface area (Å²) in [5.74, 6) is -0.468. The summed E-state index contributed by atoms with van der Waals surface area (Å²) in [5, 5.41) is 10.7. The number of hydrogen-bond acceptors (Lipinski definition) is 15. The molecule has 5 atom stereocenters. The fourth-order valence-corrected chi connectivity index (χ4v) is 14.8. The van der Waals surface area contributed by atoms with Crippen LogP contribution in [0.25, 0.3) is 0 Å². The van der Waals surface area contributed by atoms with E-state index in [0.717, 1.165) is 102 Å². The van der Waals surface area contributed by atoms with Crippen molar-refractivity contribution in [3.05, 3.63) is 0 Å². The number of rotatable bonds is 84. The summed E-state index contributed by atoms with van der Waals surface area (Å²) in [6, 6.07) is 0. The van der Waals surface area contributed by atoms with Crippen molar-refractivity contribution in [3.8, 4) is 0 Å². The minimum absolute atomic E-state index is 0.108. The van der Waals surface area contributed by atoms with E-state index in [2.05, 4.69) is 41.5 Å².